The summed E-state index contributed by atoms with van der Waals surface area (Å²) in [7, 11) is 0. The smallest absolute Gasteiger partial charge is 0.416 e. The summed E-state index contributed by atoms with van der Waals surface area (Å²) in [6.07, 6.45) is -4.36. The van der Waals surface area contributed by atoms with E-state index in [1.54, 1.807) is 6.07 Å². The zero-order valence-corrected chi connectivity index (χ0v) is 16.4. The Balaban J connectivity index is 1.61. The summed E-state index contributed by atoms with van der Waals surface area (Å²) in [5.41, 5.74) is 0.319. The second-order valence-electron chi connectivity index (χ2n) is 7.52. The van der Waals surface area contributed by atoms with Crippen molar-refractivity contribution in [1.29, 1.82) is 0 Å². The van der Waals surface area contributed by atoms with E-state index in [0.717, 1.165) is 17.4 Å². The van der Waals surface area contributed by atoms with E-state index in [4.69, 9.17) is 9.47 Å². The molecule has 29 heavy (non-hydrogen) atoms. The summed E-state index contributed by atoms with van der Waals surface area (Å²) in [4.78, 5) is 0. The first-order valence-corrected chi connectivity index (χ1v) is 9.31. The SMILES string of the molecule is CC(C)(COCc1cccc(Oc2ccccc2)c1)c1cccc(C(F)(F)F)c1. The molecule has 3 aromatic rings. The van der Waals surface area contributed by atoms with Crippen LogP contribution in [0.1, 0.15) is 30.5 Å². The lowest BCUT2D eigenvalue weighted by atomic mass is 9.84. The Hall–Kier alpha value is -2.79. The highest BCUT2D eigenvalue weighted by Crippen LogP contribution is 2.33. The topological polar surface area (TPSA) is 18.5 Å². The zero-order chi connectivity index (χ0) is 20.9. The largest absolute Gasteiger partial charge is 0.457 e. The zero-order valence-electron chi connectivity index (χ0n) is 16.4. The molecule has 3 aromatic carbocycles. The summed E-state index contributed by atoms with van der Waals surface area (Å²) in [6, 6.07) is 22.5. The van der Waals surface area contributed by atoms with Crippen LogP contribution in [0.25, 0.3) is 0 Å². The molecule has 0 aliphatic carbocycles. The number of halogens is 3. The molecular formula is C24H23F3O2. The van der Waals surface area contributed by atoms with Gasteiger partial charge in [0.05, 0.1) is 18.8 Å². The number of hydrogen-bond donors (Lipinski definition) is 0. The molecule has 0 heterocycles. The Bertz CT molecular complexity index is 934. The van der Waals surface area contributed by atoms with Crippen molar-refractivity contribution in [1.82, 2.24) is 0 Å². The molecule has 152 valence electrons. The van der Waals surface area contributed by atoms with Crippen molar-refractivity contribution in [2.24, 2.45) is 0 Å². The summed E-state index contributed by atoms with van der Waals surface area (Å²) >= 11 is 0. The number of ether oxygens (including phenoxy) is 2. The third-order valence-electron chi connectivity index (χ3n) is 4.58. The maximum Gasteiger partial charge on any atom is 0.416 e. The van der Waals surface area contributed by atoms with Crippen molar-refractivity contribution >= 4 is 0 Å². The predicted molar refractivity (Wildman–Crippen MR) is 107 cm³/mol. The van der Waals surface area contributed by atoms with Crippen LogP contribution in [0.3, 0.4) is 0 Å². The van der Waals surface area contributed by atoms with Gasteiger partial charge in [-0.15, -0.1) is 0 Å². The summed E-state index contributed by atoms with van der Waals surface area (Å²) in [5, 5.41) is 0. The molecule has 0 saturated heterocycles. The molecule has 0 spiro atoms. The van der Waals surface area contributed by atoms with Gasteiger partial charge in [-0.05, 0) is 41.5 Å². The first kappa shape index (κ1) is 20.9. The van der Waals surface area contributed by atoms with Gasteiger partial charge >= 0.3 is 6.18 Å². The average molecular weight is 400 g/mol. The molecule has 0 aliphatic rings. The van der Waals surface area contributed by atoms with Crippen LogP contribution in [0.15, 0.2) is 78.9 Å². The highest BCUT2D eigenvalue weighted by atomic mass is 19.4. The lowest BCUT2D eigenvalue weighted by molar-refractivity contribution is -0.137. The molecule has 0 radical (unpaired) electrons. The van der Waals surface area contributed by atoms with Crippen molar-refractivity contribution in [2.45, 2.75) is 32.0 Å². The standard InChI is InChI=1S/C24H23F3O2/c1-23(2,19-9-7-10-20(15-19)24(25,26)27)17-28-16-18-8-6-13-22(14-18)29-21-11-4-3-5-12-21/h3-15H,16-17H2,1-2H3. The molecule has 0 atom stereocenters. The Kier molecular flexibility index (Phi) is 6.28. The number of alkyl halides is 3. The molecule has 3 rings (SSSR count). The van der Waals surface area contributed by atoms with Gasteiger partial charge in [-0.2, -0.15) is 13.2 Å². The van der Waals surface area contributed by atoms with Gasteiger partial charge in [-0.25, -0.2) is 0 Å². The summed E-state index contributed by atoms with van der Waals surface area (Å²) in [5.74, 6) is 1.45. The second-order valence-corrected chi connectivity index (χ2v) is 7.52. The maximum absolute atomic E-state index is 13.0. The van der Waals surface area contributed by atoms with Crippen LogP contribution in [0, 0.1) is 0 Å². The van der Waals surface area contributed by atoms with Crippen LogP contribution in [0.2, 0.25) is 0 Å². The van der Waals surface area contributed by atoms with E-state index in [9.17, 15) is 13.2 Å². The number of para-hydroxylation sites is 1. The predicted octanol–water partition coefficient (Wildman–Crippen LogP) is 6.99. The van der Waals surface area contributed by atoms with E-state index in [1.165, 1.54) is 12.1 Å². The molecule has 0 N–H and O–H groups in total. The Morgan fingerprint density at radius 2 is 1.38 bits per heavy atom. The Morgan fingerprint density at radius 3 is 2.10 bits per heavy atom. The van der Waals surface area contributed by atoms with Gasteiger partial charge in [-0.1, -0.05) is 62.4 Å². The fourth-order valence-corrected chi connectivity index (χ4v) is 2.95. The third kappa shape index (κ3) is 5.84. The van der Waals surface area contributed by atoms with Crippen molar-refractivity contribution in [3.05, 3.63) is 95.6 Å². The molecule has 2 nitrogen and oxygen atoms in total. The first-order chi connectivity index (χ1) is 13.7. The van der Waals surface area contributed by atoms with Crippen LogP contribution in [-0.4, -0.2) is 6.61 Å². The fourth-order valence-electron chi connectivity index (χ4n) is 2.95. The van der Waals surface area contributed by atoms with Crippen molar-refractivity contribution in [2.75, 3.05) is 6.61 Å². The molecule has 0 unspecified atom stereocenters. The minimum atomic E-state index is -4.36. The van der Waals surface area contributed by atoms with Crippen LogP contribution in [-0.2, 0) is 22.9 Å². The average Bonchev–Trinajstić information content (AvgIpc) is 2.68. The van der Waals surface area contributed by atoms with Crippen molar-refractivity contribution in [3.8, 4) is 11.5 Å². The van der Waals surface area contributed by atoms with E-state index in [0.29, 0.717) is 17.9 Å². The summed E-state index contributed by atoms with van der Waals surface area (Å²) < 4.78 is 50.6. The molecule has 0 bridgehead atoms. The van der Waals surface area contributed by atoms with Crippen LogP contribution in [0.4, 0.5) is 13.2 Å². The molecular weight excluding hydrogens is 377 g/mol. The highest BCUT2D eigenvalue weighted by Gasteiger charge is 2.32. The van der Waals surface area contributed by atoms with E-state index in [-0.39, 0.29) is 6.61 Å². The Morgan fingerprint density at radius 1 is 0.724 bits per heavy atom. The summed E-state index contributed by atoms with van der Waals surface area (Å²) in [6.45, 7) is 4.38. The van der Waals surface area contributed by atoms with E-state index >= 15 is 0 Å². The number of hydrogen-bond acceptors (Lipinski definition) is 2. The van der Waals surface area contributed by atoms with E-state index in [1.807, 2.05) is 68.4 Å². The fraction of sp³-hybridized carbons (Fsp3) is 0.250. The first-order valence-electron chi connectivity index (χ1n) is 9.31. The second kappa shape index (κ2) is 8.70. The van der Waals surface area contributed by atoms with Crippen LogP contribution in [0.5, 0.6) is 11.5 Å². The molecule has 0 amide bonds. The lowest BCUT2D eigenvalue weighted by Crippen LogP contribution is -2.25. The van der Waals surface area contributed by atoms with Crippen LogP contribution >= 0.6 is 0 Å². The normalized spacial score (nSPS) is 12.0. The van der Waals surface area contributed by atoms with Gasteiger partial charge in [0.1, 0.15) is 11.5 Å². The molecule has 0 fully saturated rings. The van der Waals surface area contributed by atoms with Gasteiger partial charge in [0.15, 0.2) is 0 Å². The Labute approximate surface area is 168 Å². The van der Waals surface area contributed by atoms with Gasteiger partial charge in [0.25, 0.3) is 0 Å². The van der Waals surface area contributed by atoms with Gasteiger partial charge in [0, 0.05) is 5.41 Å². The number of benzene rings is 3. The maximum atomic E-state index is 13.0. The lowest BCUT2D eigenvalue weighted by Gasteiger charge is -2.26. The van der Waals surface area contributed by atoms with Crippen molar-refractivity contribution < 1.29 is 22.6 Å². The van der Waals surface area contributed by atoms with Gasteiger partial charge < -0.3 is 9.47 Å². The molecule has 5 heteroatoms. The minimum absolute atomic E-state index is 0.290. The van der Waals surface area contributed by atoms with Gasteiger partial charge in [0.2, 0.25) is 0 Å². The van der Waals surface area contributed by atoms with Crippen molar-refractivity contribution in [3.63, 3.8) is 0 Å². The number of rotatable bonds is 7. The molecule has 0 saturated carbocycles. The van der Waals surface area contributed by atoms with Gasteiger partial charge in [-0.3, -0.25) is 0 Å². The van der Waals surface area contributed by atoms with E-state index in [2.05, 4.69) is 0 Å². The molecule has 0 aliphatic heterocycles. The molecule has 0 aromatic heterocycles. The third-order valence-corrected chi connectivity index (χ3v) is 4.58. The minimum Gasteiger partial charge on any atom is -0.457 e. The monoisotopic (exact) mass is 400 g/mol. The van der Waals surface area contributed by atoms with Crippen LogP contribution < -0.4 is 4.74 Å². The highest BCUT2D eigenvalue weighted by molar-refractivity contribution is 5.34. The van der Waals surface area contributed by atoms with E-state index < -0.39 is 17.2 Å². The quantitative estimate of drug-likeness (QED) is 0.425.